The van der Waals surface area contributed by atoms with Crippen molar-refractivity contribution in [3.05, 3.63) is 72.4 Å². The van der Waals surface area contributed by atoms with Gasteiger partial charge in [0.15, 0.2) is 5.92 Å². The van der Waals surface area contributed by atoms with Crippen molar-refractivity contribution in [3.63, 3.8) is 0 Å². The predicted octanol–water partition coefficient (Wildman–Crippen LogP) is 0.875. The lowest BCUT2D eigenvalue weighted by Crippen LogP contribution is -2.59. The molecule has 8 heteroatoms. The van der Waals surface area contributed by atoms with E-state index in [1.165, 1.54) is 24.3 Å². The first-order valence-corrected chi connectivity index (χ1v) is 7.89. The number of aromatic carboxylic acids is 1. The van der Waals surface area contributed by atoms with Crippen LogP contribution in [0.5, 0.6) is 0 Å². The number of amides is 4. The van der Waals surface area contributed by atoms with Gasteiger partial charge in [0.2, 0.25) is 5.91 Å². The van der Waals surface area contributed by atoms with Gasteiger partial charge in [-0.15, -0.1) is 0 Å². The molecule has 27 heavy (non-hydrogen) atoms. The summed E-state index contributed by atoms with van der Waals surface area (Å²) in [5, 5.41) is 15.7. The molecule has 2 aromatic rings. The molecule has 0 bridgehead atoms. The van der Waals surface area contributed by atoms with Gasteiger partial charge in [0.1, 0.15) is 0 Å². The van der Waals surface area contributed by atoms with E-state index in [2.05, 4.69) is 17.2 Å². The molecular weight excluding hydrogens is 350 g/mol. The standard InChI is InChI=1S/C19H15N3O5/c1-11(20-13-9-7-12(8-10-13)18(25)26)15-16(23)21-19(27)22(17(15)24)14-5-3-2-4-6-14/h2-10,15,20H,1H2,(H,25,26)(H,21,23,27)/p-1/t15-/m0/s1. The zero-order chi connectivity index (χ0) is 19.6. The molecular formula is C19H14N3O5-. The maximum atomic E-state index is 12.8. The van der Waals surface area contributed by atoms with Crippen molar-refractivity contribution in [3.8, 4) is 0 Å². The van der Waals surface area contributed by atoms with E-state index in [1.807, 2.05) is 0 Å². The summed E-state index contributed by atoms with van der Waals surface area (Å²) in [4.78, 5) is 48.7. The minimum absolute atomic E-state index is 0.0153. The van der Waals surface area contributed by atoms with E-state index >= 15 is 0 Å². The number of hydrogen-bond acceptors (Lipinski definition) is 6. The largest absolute Gasteiger partial charge is 0.545 e. The van der Waals surface area contributed by atoms with Crippen molar-refractivity contribution in [1.29, 1.82) is 0 Å². The Morgan fingerprint density at radius 1 is 1.04 bits per heavy atom. The smallest absolute Gasteiger partial charge is 0.335 e. The highest BCUT2D eigenvalue weighted by Crippen LogP contribution is 2.25. The van der Waals surface area contributed by atoms with Crippen molar-refractivity contribution < 1.29 is 24.3 Å². The Balaban J connectivity index is 1.82. The molecule has 3 rings (SSSR count). The molecule has 2 N–H and O–H groups in total. The molecule has 1 atom stereocenters. The first-order chi connectivity index (χ1) is 12.9. The van der Waals surface area contributed by atoms with Crippen LogP contribution in [0.1, 0.15) is 10.4 Å². The monoisotopic (exact) mass is 364 g/mol. The average Bonchev–Trinajstić information content (AvgIpc) is 2.62. The molecule has 0 spiro atoms. The molecule has 0 aliphatic carbocycles. The Morgan fingerprint density at radius 2 is 1.67 bits per heavy atom. The zero-order valence-corrected chi connectivity index (χ0v) is 14.0. The Bertz CT molecular complexity index is 938. The third-order valence-corrected chi connectivity index (χ3v) is 3.95. The van der Waals surface area contributed by atoms with Gasteiger partial charge in [0, 0.05) is 11.4 Å². The Hall–Kier alpha value is -3.94. The summed E-state index contributed by atoms with van der Waals surface area (Å²) in [6.07, 6.45) is 0. The summed E-state index contributed by atoms with van der Waals surface area (Å²) >= 11 is 0. The molecule has 1 aliphatic rings. The molecule has 1 fully saturated rings. The Kier molecular flexibility index (Phi) is 4.71. The molecule has 8 nitrogen and oxygen atoms in total. The molecule has 4 amide bonds. The molecule has 136 valence electrons. The molecule has 0 saturated carbocycles. The first kappa shape index (κ1) is 17.9. The number of urea groups is 1. The van der Waals surface area contributed by atoms with Crippen LogP contribution >= 0.6 is 0 Å². The first-order valence-electron chi connectivity index (χ1n) is 7.89. The number of imide groups is 2. The molecule has 1 aliphatic heterocycles. The number of barbiturate groups is 1. The van der Waals surface area contributed by atoms with Gasteiger partial charge < -0.3 is 15.2 Å². The second kappa shape index (κ2) is 7.12. The third kappa shape index (κ3) is 3.54. The summed E-state index contributed by atoms with van der Waals surface area (Å²) in [6, 6.07) is 12.9. The van der Waals surface area contributed by atoms with E-state index in [0.29, 0.717) is 11.4 Å². The van der Waals surface area contributed by atoms with Crippen LogP contribution in [0.3, 0.4) is 0 Å². The van der Waals surface area contributed by atoms with Crippen LogP contribution in [0.25, 0.3) is 0 Å². The van der Waals surface area contributed by atoms with Crippen molar-refractivity contribution in [1.82, 2.24) is 5.32 Å². The number of nitrogens with zero attached hydrogens (tertiary/aromatic N) is 1. The van der Waals surface area contributed by atoms with Crippen LogP contribution in [-0.2, 0) is 9.59 Å². The fourth-order valence-electron chi connectivity index (χ4n) is 2.65. The lowest BCUT2D eigenvalue weighted by Gasteiger charge is -2.31. The van der Waals surface area contributed by atoms with Crippen LogP contribution < -0.4 is 20.6 Å². The summed E-state index contributed by atoms with van der Waals surface area (Å²) in [5.41, 5.74) is 0.781. The minimum atomic E-state index is -1.33. The van der Waals surface area contributed by atoms with Gasteiger partial charge in [0.05, 0.1) is 11.7 Å². The number of carbonyl (C=O) groups excluding carboxylic acids is 4. The van der Waals surface area contributed by atoms with Gasteiger partial charge in [-0.2, -0.15) is 0 Å². The van der Waals surface area contributed by atoms with Gasteiger partial charge in [0.25, 0.3) is 5.91 Å². The number of nitrogens with one attached hydrogen (secondary N) is 2. The topological polar surface area (TPSA) is 119 Å². The van der Waals surface area contributed by atoms with Gasteiger partial charge >= 0.3 is 6.03 Å². The van der Waals surface area contributed by atoms with Crippen LogP contribution in [0.2, 0.25) is 0 Å². The quantitative estimate of drug-likeness (QED) is 0.760. The van der Waals surface area contributed by atoms with Crippen molar-refractivity contribution >= 4 is 35.2 Å². The Labute approximate surface area is 154 Å². The van der Waals surface area contributed by atoms with Crippen LogP contribution in [-0.4, -0.2) is 23.8 Å². The van der Waals surface area contributed by atoms with E-state index in [-0.39, 0.29) is 11.3 Å². The fourth-order valence-corrected chi connectivity index (χ4v) is 2.65. The SMILES string of the molecule is C=C(Nc1ccc(C(=O)[O-])cc1)[C@H]1C(=O)NC(=O)N(c2ccccc2)C1=O. The van der Waals surface area contributed by atoms with Gasteiger partial charge in [-0.25, -0.2) is 9.69 Å². The van der Waals surface area contributed by atoms with Crippen LogP contribution in [0.4, 0.5) is 16.2 Å². The lowest BCUT2D eigenvalue weighted by atomic mass is 10.0. The molecule has 1 heterocycles. The normalized spacial score (nSPS) is 16.7. The van der Waals surface area contributed by atoms with Gasteiger partial charge in [-0.05, 0) is 29.8 Å². The van der Waals surface area contributed by atoms with Gasteiger partial charge in [-0.1, -0.05) is 36.9 Å². The number of rotatable bonds is 5. The fraction of sp³-hybridized carbons (Fsp3) is 0.0526. The summed E-state index contributed by atoms with van der Waals surface area (Å²) in [5.74, 6) is -4.18. The highest BCUT2D eigenvalue weighted by Gasteiger charge is 2.42. The second-order valence-corrected chi connectivity index (χ2v) is 5.75. The summed E-state index contributed by atoms with van der Waals surface area (Å²) in [7, 11) is 0. The number of para-hydroxylation sites is 1. The van der Waals surface area contributed by atoms with E-state index in [4.69, 9.17) is 0 Å². The van der Waals surface area contributed by atoms with E-state index in [0.717, 1.165) is 4.90 Å². The zero-order valence-electron chi connectivity index (χ0n) is 14.0. The summed E-state index contributed by atoms with van der Waals surface area (Å²) < 4.78 is 0. The lowest BCUT2D eigenvalue weighted by molar-refractivity contribution is -0.255. The second-order valence-electron chi connectivity index (χ2n) is 5.75. The minimum Gasteiger partial charge on any atom is -0.545 e. The number of carbonyl (C=O) groups is 4. The van der Waals surface area contributed by atoms with Gasteiger partial charge in [-0.3, -0.25) is 14.9 Å². The molecule has 2 aromatic carbocycles. The van der Waals surface area contributed by atoms with Crippen LogP contribution in [0.15, 0.2) is 66.9 Å². The van der Waals surface area contributed by atoms with Crippen molar-refractivity contribution in [2.24, 2.45) is 5.92 Å². The molecule has 1 saturated heterocycles. The van der Waals surface area contributed by atoms with E-state index in [1.54, 1.807) is 30.3 Å². The highest BCUT2D eigenvalue weighted by molar-refractivity contribution is 6.28. The van der Waals surface area contributed by atoms with E-state index < -0.39 is 29.7 Å². The number of anilines is 2. The van der Waals surface area contributed by atoms with Crippen molar-refractivity contribution in [2.75, 3.05) is 10.2 Å². The number of carboxylic acid groups (broad SMARTS) is 1. The number of benzene rings is 2. The molecule has 0 unspecified atom stereocenters. The maximum Gasteiger partial charge on any atom is 0.335 e. The van der Waals surface area contributed by atoms with E-state index in [9.17, 15) is 24.3 Å². The van der Waals surface area contributed by atoms with Crippen LogP contribution in [0, 0.1) is 5.92 Å². The van der Waals surface area contributed by atoms with Crippen molar-refractivity contribution in [2.45, 2.75) is 0 Å². The average molecular weight is 364 g/mol. The maximum absolute atomic E-state index is 12.8. The number of carboxylic acids is 1. The summed E-state index contributed by atoms with van der Waals surface area (Å²) in [6.45, 7) is 3.73. The molecule has 0 aromatic heterocycles. The highest BCUT2D eigenvalue weighted by atomic mass is 16.4. The molecule has 0 radical (unpaired) electrons. The number of hydrogen-bond donors (Lipinski definition) is 2. The third-order valence-electron chi connectivity index (χ3n) is 3.95. The Morgan fingerprint density at radius 3 is 2.26 bits per heavy atom. The predicted molar refractivity (Wildman–Crippen MR) is 94.5 cm³/mol.